The minimum absolute atomic E-state index is 0.0115. The third-order valence-corrected chi connectivity index (χ3v) is 3.90. The van der Waals surface area contributed by atoms with E-state index in [2.05, 4.69) is 4.98 Å². The Kier molecular flexibility index (Phi) is 4.27. The van der Waals surface area contributed by atoms with Gasteiger partial charge in [0.05, 0.1) is 12.9 Å². The number of carbonyl (C=O) groups excluding carboxylic acids is 1. The monoisotopic (exact) mass is 330 g/mol. The van der Waals surface area contributed by atoms with E-state index in [9.17, 15) is 4.79 Å². The van der Waals surface area contributed by atoms with Gasteiger partial charge in [0.25, 0.3) is 0 Å². The first-order valence-electron chi connectivity index (χ1n) is 6.68. The highest BCUT2D eigenvalue weighted by Crippen LogP contribution is 2.29. The first kappa shape index (κ1) is 14.8. The lowest BCUT2D eigenvalue weighted by atomic mass is 10.0. The molecule has 5 heteroatoms. The first-order chi connectivity index (χ1) is 10.6. The van der Waals surface area contributed by atoms with Crippen LogP contribution in [0.15, 0.2) is 61.2 Å². The Morgan fingerprint density at radius 1 is 1.09 bits per heavy atom. The fraction of sp³-hybridized carbons (Fsp3) is 0.0588. The number of hydrogen-bond acceptors (Lipinski definition) is 2. The fourth-order valence-electron chi connectivity index (χ4n) is 2.19. The average molecular weight is 331 g/mol. The van der Waals surface area contributed by atoms with Gasteiger partial charge in [-0.2, -0.15) is 0 Å². The van der Waals surface area contributed by atoms with Crippen LogP contribution in [0.3, 0.4) is 0 Å². The number of hydrogen-bond donors (Lipinski definition) is 0. The SMILES string of the molecule is O=C(Cn1ccnc1)c1ccc(-c2ccc(Cl)cc2)c(Cl)c1. The van der Waals surface area contributed by atoms with Crippen LogP contribution in [-0.2, 0) is 6.54 Å². The van der Waals surface area contributed by atoms with Gasteiger partial charge in [0, 0.05) is 33.6 Å². The molecule has 3 rings (SSSR count). The number of benzene rings is 2. The van der Waals surface area contributed by atoms with Crippen LogP contribution in [-0.4, -0.2) is 15.3 Å². The van der Waals surface area contributed by atoms with Gasteiger partial charge in [0.15, 0.2) is 5.78 Å². The van der Waals surface area contributed by atoms with Crippen molar-refractivity contribution in [3.63, 3.8) is 0 Å². The van der Waals surface area contributed by atoms with Gasteiger partial charge in [-0.3, -0.25) is 4.79 Å². The van der Waals surface area contributed by atoms with E-state index in [-0.39, 0.29) is 12.3 Å². The maximum atomic E-state index is 12.2. The van der Waals surface area contributed by atoms with E-state index in [0.717, 1.165) is 11.1 Å². The van der Waals surface area contributed by atoms with Gasteiger partial charge < -0.3 is 4.57 Å². The quantitative estimate of drug-likeness (QED) is 0.647. The third kappa shape index (κ3) is 3.21. The number of rotatable bonds is 4. The van der Waals surface area contributed by atoms with Crippen molar-refractivity contribution in [2.24, 2.45) is 0 Å². The first-order valence-corrected chi connectivity index (χ1v) is 7.43. The van der Waals surface area contributed by atoms with E-state index in [0.29, 0.717) is 15.6 Å². The number of aromatic nitrogens is 2. The van der Waals surface area contributed by atoms with Gasteiger partial charge in [-0.05, 0) is 23.8 Å². The average Bonchev–Trinajstić information content (AvgIpc) is 3.01. The van der Waals surface area contributed by atoms with E-state index in [1.807, 2.05) is 30.3 Å². The number of halogens is 2. The molecular formula is C17H12Cl2N2O. The van der Waals surface area contributed by atoms with Crippen LogP contribution in [0.2, 0.25) is 10.0 Å². The zero-order valence-corrected chi connectivity index (χ0v) is 13.1. The molecule has 3 nitrogen and oxygen atoms in total. The number of carbonyl (C=O) groups is 1. The third-order valence-electron chi connectivity index (χ3n) is 3.33. The maximum Gasteiger partial charge on any atom is 0.182 e. The molecule has 0 saturated heterocycles. The molecule has 0 aliphatic heterocycles. The van der Waals surface area contributed by atoms with Crippen LogP contribution < -0.4 is 0 Å². The predicted molar refractivity (Wildman–Crippen MR) is 88.5 cm³/mol. The smallest absolute Gasteiger partial charge is 0.182 e. The lowest BCUT2D eigenvalue weighted by molar-refractivity contribution is 0.0972. The molecule has 0 saturated carbocycles. The largest absolute Gasteiger partial charge is 0.330 e. The summed E-state index contributed by atoms with van der Waals surface area (Å²) in [5.41, 5.74) is 2.41. The van der Waals surface area contributed by atoms with Crippen LogP contribution >= 0.6 is 23.2 Å². The fourth-order valence-corrected chi connectivity index (χ4v) is 2.61. The van der Waals surface area contributed by atoms with Crippen molar-refractivity contribution in [3.05, 3.63) is 76.8 Å². The highest BCUT2D eigenvalue weighted by Gasteiger charge is 2.10. The minimum Gasteiger partial charge on any atom is -0.330 e. The van der Waals surface area contributed by atoms with Gasteiger partial charge in [0.2, 0.25) is 0 Å². The Bertz CT molecular complexity index is 796. The van der Waals surface area contributed by atoms with E-state index < -0.39 is 0 Å². The molecule has 0 aliphatic rings. The van der Waals surface area contributed by atoms with Gasteiger partial charge in [-0.15, -0.1) is 0 Å². The summed E-state index contributed by atoms with van der Waals surface area (Å²) >= 11 is 12.2. The minimum atomic E-state index is -0.0115. The second-order valence-corrected chi connectivity index (χ2v) is 5.70. The normalized spacial score (nSPS) is 10.6. The molecule has 1 heterocycles. The summed E-state index contributed by atoms with van der Waals surface area (Å²) < 4.78 is 1.73. The summed E-state index contributed by atoms with van der Waals surface area (Å²) in [6, 6.07) is 12.8. The van der Waals surface area contributed by atoms with E-state index >= 15 is 0 Å². The summed E-state index contributed by atoms with van der Waals surface area (Å²) in [6.07, 6.45) is 5.01. The summed E-state index contributed by atoms with van der Waals surface area (Å²) in [4.78, 5) is 16.2. The van der Waals surface area contributed by atoms with Gasteiger partial charge in [-0.1, -0.05) is 47.5 Å². The van der Waals surface area contributed by atoms with Crippen molar-refractivity contribution in [3.8, 4) is 11.1 Å². The lowest BCUT2D eigenvalue weighted by Gasteiger charge is -2.08. The van der Waals surface area contributed by atoms with Crippen LogP contribution in [0.5, 0.6) is 0 Å². The predicted octanol–water partition coefficient (Wildman–Crippen LogP) is 4.74. The second-order valence-electron chi connectivity index (χ2n) is 4.86. The molecule has 0 aliphatic carbocycles. The molecule has 0 spiro atoms. The van der Waals surface area contributed by atoms with Crippen LogP contribution in [0.1, 0.15) is 10.4 Å². The molecule has 0 bridgehead atoms. The van der Waals surface area contributed by atoms with Gasteiger partial charge >= 0.3 is 0 Å². The van der Waals surface area contributed by atoms with Crippen molar-refractivity contribution >= 4 is 29.0 Å². The van der Waals surface area contributed by atoms with Gasteiger partial charge in [0.1, 0.15) is 0 Å². The summed E-state index contributed by atoms with van der Waals surface area (Å²) in [6.45, 7) is 0.247. The molecule has 2 aromatic carbocycles. The number of imidazole rings is 1. The molecule has 0 atom stereocenters. The number of nitrogens with zero attached hydrogens (tertiary/aromatic N) is 2. The van der Waals surface area contributed by atoms with Crippen LogP contribution in [0.25, 0.3) is 11.1 Å². The Hall–Kier alpha value is -2.10. The Balaban J connectivity index is 1.85. The lowest BCUT2D eigenvalue weighted by Crippen LogP contribution is -2.08. The van der Waals surface area contributed by atoms with Gasteiger partial charge in [-0.25, -0.2) is 4.98 Å². The van der Waals surface area contributed by atoms with Crippen LogP contribution in [0, 0.1) is 0 Å². The number of ketones is 1. The van der Waals surface area contributed by atoms with E-state index in [1.165, 1.54) is 0 Å². The Morgan fingerprint density at radius 3 is 2.50 bits per heavy atom. The molecule has 110 valence electrons. The summed E-state index contributed by atoms with van der Waals surface area (Å²) in [5.74, 6) is -0.0115. The van der Waals surface area contributed by atoms with Crippen molar-refractivity contribution in [2.45, 2.75) is 6.54 Å². The van der Waals surface area contributed by atoms with Crippen molar-refractivity contribution < 1.29 is 4.79 Å². The molecule has 0 radical (unpaired) electrons. The molecule has 3 aromatic rings. The standard InChI is InChI=1S/C17H12Cl2N2O/c18-14-4-1-12(2-5-14)15-6-3-13(9-16(15)19)17(22)10-21-8-7-20-11-21/h1-9,11H,10H2. The molecular weight excluding hydrogens is 319 g/mol. The molecule has 1 aromatic heterocycles. The molecule has 0 unspecified atom stereocenters. The van der Waals surface area contributed by atoms with E-state index in [1.54, 1.807) is 35.4 Å². The number of Topliss-reactive ketones (excluding diaryl/α,β-unsaturated/α-hetero) is 1. The highest BCUT2D eigenvalue weighted by atomic mass is 35.5. The summed E-state index contributed by atoms with van der Waals surface area (Å²) in [7, 11) is 0. The zero-order valence-electron chi connectivity index (χ0n) is 11.5. The van der Waals surface area contributed by atoms with E-state index in [4.69, 9.17) is 23.2 Å². The highest BCUT2D eigenvalue weighted by molar-refractivity contribution is 6.34. The molecule has 0 amide bonds. The van der Waals surface area contributed by atoms with Crippen molar-refractivity contribution in [1.29, 1.82) is 0 Å². The topological polar surface area (TPSA) is 34.9 Å². The maximum absolute atomic E-state index is 12.2. The molecule has 0 N–H and O–H groups in total. The van der Waals surface area contributed by atoms with Crippen molar-refractivity contribution in [2.75, 3.05) is 0 Å². The second kappa shape index (κ2) is 6.34. The summed E-state index contributed by atoms with van der Waals surface area (Å²) in [5, 5.41) is 1.21. The Morgan fingerprint density at radius 2 is 1.86 bits per heavy atom. The zero-order chi connectivity index (χ0) is 15.5. The molecule has 22 heavy (non-hydrogen) atoms. The van der Waals surface area contributed by atoms with Crippen molar-refractivity contribution in [1.82, 2.24) is 9.55 Å². The molecule has 0 fully saturated rings. The Labute approximate surface area is 138 Å². The van der Waals surface area contributed by atoms with Crippen LogP contribution in [0.4, 0.5) is 0 Å².